The molecule has 1 atom stereocenters. The maximum absolute atomic E-state index is 11.8. The number of sulfone groups is 1. The second-order valence-corrected chi connectivity index (χ2v) is 9.97. The summed E-state index contributed by atoms with van der Waals surface area (Å²) in [6.45, 7) is 1.01. The molecule has 0 bridgehead atoms. The van der Waals surface area contributed by atoms with Crippen molar-refractivity contribution in [1.82, 2.24) is 0 Å². The van der Waals surface area contributed by atoms with Gasteiger partial charge in [-0.15, -0.1) is 0 Å². The Bertz CT molecular complexity index is 923. The van der Waals surface area contributed by atoms with E-state index in [4.69, 9.17) is 9.88 Å². The number of nitrogens with one attached hydrogen (secondary N) is 1. The summed E-state index contributed by atoms with van der Waals surface area (Å²) in [4.78, 5) is 23.4. The lowest BCUT2D eigenvalue weighted by atomic mass is 10.1. The summed E-state index contributed by atoms with van der Waals surface area (Å²) in [7, 11) is -7.01. The van der Waals surface area contributed by atoms with Crippen molar-refractivity contribution in [2.45, 2.75) is 24.7 Å². The first-order valence-electron chi connectivity index (χ1n) is 7.75. The first kappa shape index (κ1) is 20.3. The molecule has 0 saturated carbocycles. The molecule has 9 nitrogen and oxygen atoms in total. The number of nitrogens with two attached hydrogens (primary N) is 1. The Hall–Kier alpha value is -1.98. The van der Waals surface area contributed by atoms with Gasteiger partial charge in [0.25, 0.3) is 5.91 Å². The van der Waals surface area contributed by atoms with Crippen molar-refractivity contribution < 1.29 is 31.2 Å². The molecule has 1 aromatic carbocycles. The maximum Gasteiger partial charge on any atom is 0.306 e. The van der Waals surface area contributed by atoms with Crippen LogP contribution in [0.4, 0.5) is 5.69 Å². The zero-order chi connectivity index (χ0) is 19.5. The van der Waals surface area contributed by atoms with Crippen molar-refractivity contribution in [1.29, 1.82) is 0 Å². The van der Waals surface area contributed by atoms with Gasteiger partial charge in [-0.05, 0) is 37.0 Å². The van der Waals surface area contributed by atoms with Gasteiger partial charge >= 0.3 is 5.97 Å². The molecule has 1 saturated heterocycles. The van der Waals surface area contributed by atoms with Crippen molar-refractivity contribution in [2.24, 2.45) is 11.1 Å². The van der Waals surface area contributed by atoms with Crippen molar-refractivity contribution in [3.63, 3.8) is 0 Å². The van der Waals surface area contributed by atoms with E-state index < -0.39 is 38.3 Å². The van der Waals surface area contributed by atoms with Crippen molar-refractivity contribution >= 4 is 37.4 Å². The van der Waals surface area contributed by atoms with Crippen LogP contribution >= 0.6 is 0 Å². The average Bonchev–Trinajstić information content (AvgIpc) is 2.85. The molecular formula is C15H20N2O7S2. The van der Waals surface area contributed by atoms with E-state index >= 15 is 0 Å². The summed E-state index contributed by atoms with van der Waals surface area (Å²) in [5, 5.41) is 7.51. The number of rotatable bonds is 6. The van der Waals surface area contributed by atoms with Crippen LogP contribution in [0.5, 0.6) is 0 Å². The van der Waals surface area contributed by atoms with E-state index in [1.165, 1.54) is 18.2 Å². The predicted octanol–water partition coefficient (Wildman–Crippen LogP) is -0.0511. The van der Waals surface area contributed by atoms with Gasteiger partial charge in [0.15, 0.2) is 16.4 Å². The highest BCUT2D eigenvalue weighted by Crippen LogP contribution is 2.22. The number of hydrogen-bond acceptors (Lipinski definition) is 7. The second-order valence-electron chi connectivity index (χ2n) is 6.21. The number of aryl methyl sites for hydroxylation is 1. The Kier molecular flexibility index (Phi) is 6.04. The van der Waals surface area contributed by atoms with Crippen LogP contribution in [0.15, 0.2) is 23.1 Å². The van der Waals surface area contributed by atoms with Gasteiger partial charge in [-0.3, -0.25) is 9.59 Å². The van der Waals surface area contributed by atoms with Crippen LogP contribution in [0.3, 0.4) is 0 Å². The lowest BCUT2D eigenvalue weighted by Crippen LogP contribution is -2.22. The van der Waals surface area contributed by atoms with Gasteiger partial charge in [-0.1, -0.05) is 6.07 Å². The molecule has 11 heteroatoms. The van der Waals surface area contributed by atoms with Crippen molar-refractivity contribution in [2.75, 3.05) is 23.4 Å². The van der Waals surface area contributed by atoms with Crippen LogP contribution in [0.2, 0.25) is 0 Å². The molecule has 1 amide bonds. The zero-order valence-corrected chi connectivity index (χ0v) is 15.7. The number of esters is 1. The summed E-state index contributed by atoms with van der Waals surface area (Å²) >= 11 is 0. The summed E-state index contributed by atoms with van der Waals surface area (Å²) < 4.78 is 50.5. The van der Waals surface area contributed by atoms with E-state index in [0.29, 0.717) is 12.0 Å². The minimum absolute atomic E-state index is 0.0476. The molecule has 1 heterocycles. The van der Waals surface area contributed by atoms with E-state index in [1.54, 1.807) is 6.92 Å². The number of ether oxygens (including phenoxy) is 1. The average molecular weight is 404 g/mol. The molecule has 0 aromatic heterocycles. The predicted molar refractivity (Wildman–Crippen MR) is 93.5 cm³/mol. The Morgan fingerprint density at radius 2 is 2.04 bits per heavy atom. The summed E-state index contributed by atoms with van der Waals surface area (Å²) in [5.41, 5.74) is 0.631. The number of carbonyl (C=O) groups is 2. The third-order valence-electron chi connectivity index (χ3n) is 3.92. The minimum Gasteiger partial charge on any atom is -0.456 e. The Labute approximate surface area is 151 Å². The van der Waals surface area contributed by atoms with Gasteiger partial charge in [0, 0.05) is 12.1 Å². The Morgan fingerprint density at radius 3 is 2.62 bits per heavy atom. The van der Waals surface area contributed by atoms with Crippen LogP contribution < -0.4 is 10.5 Å². The van der Waals surface area contributed by atoms with Crippen LogP contribution in [0.25, 0.3) is 0 Å². The summed E-state index contributed by atoms with van der Waals surface area (Å²) in [6, 6.07) is 4.20. The molecule has 0 radical (unpaired) electrons. The smallest absolute Gasteiger partial charge is 0.306 e. The third kappa shape index (κ3) is 5.78. The lowest BCUT2D eigenvalue weighted by Gasteiger charge is -2.10. The fraction of sp³-hybridized carbons (Fsp3) is 0.467. The Balaban J connectivity index is 1.86. The molecule has 1 aliphatic rings. The Morgan fingerprint density at radius 1 is 1.35 bits per heavy atom. The molecular weight excluding hydrogens is 384 g/mol. The second kappa shape index (κ2) is 7.72. The van der Waals surface area contributed by atoms with Gasteiger partial charge < -0.3 is 10.1 Å². The van der Waals surface area contributed by atoms with Crippen molar-refractivity contribution in [3.8, 4) is 0 Å². The fourth-order valence-electron chi connectivity index (χ4n) is 2.66. The highest BCUT2D eigenvalue weighted by Gasteiger charge is 2.30. The van der Waals surface area contributed by atoms with E-state index in [1.807, 2.05) is 0 Å². The number of hydrogen-bond donors (Lipinski definition) is 2. The van der Waals surface area contributed by atoms with E-state index in [9.17, 15) is 26.4 Å². The standard InChI is InChI=1S/C15H20N2O7S2/c1-10-2-3-12(7-13(10)26(16,22)23)17-14(18)8-24-15(19)6-11-4-5-25(20,21)9-11/h2-3,7,11H,4-6,8-9H2,1H3,(H,17,18)(H2,16,22,23). The molecule has 0 spiro atoms. The first-order valence-corrected chi connectivity index (χ1v) is 11.1. The van der Waals surface area contributed by atoms with Gasteiger partial charge in [-0.25, -0.2) is 22.0 Å². The number of primary sulfonamides is 1. The molecule has 1 fully saturated rings. The number of carbonyl (C=O) groups excluding carboxylic acids is 2. The minimum atomic E-state index is -3.93. The topological polar surface area (TPSA) is 150 Å². The first-order chi connectivity index (χ1) is 12.0. The molecule has 1 unspecified atom stereocenters. The highest BCUT2D eigenvalue weighted by molar-refractivity contribution is 7.91. The summed E-state index contributed by atoms with van der Waals surface area (Å²) in [6.07, 6.45) is 0.343. The van der Waals surface area contributed by atoms with Crippen molar-refractivity contribution in [3.05, 3.63) is 23.8 Å². The molecule has 3 N–H and O–H groups in total. The van der Waals surface area contributed by atoms with Crippen LogP contribution in [-0.4, -0.2) is 46.8 Å². The summed E-state index contributed by atoms with van der Waals surface area (Å²) in [5.74, 6) is -1.58. The van der Waals surface area contributed by atoms with E-state index in [2.05, 4.69) is 5.32 Å². The number of anilines is 1. The monoisotopic (exact) mass is 404 g/mol. The fourth-order valence-corrected chi connectivity index (χ4v) is 5.33. The van der Waals surface area contributed by atoms with Gasteiger partial charge in [0.05, 0.1) is 16.4 Å². The maximum atomic E-state index is 11.8. The number of amides is 1. The van der Waals surface area contributed by atoms with Crippen LogP contribution in [0, 0.1) is 12.8 Å². The van der Waals surface area contributed by atoms with Crippen LogP contribution in [0.1, 0.15) is 18.4 Å². The molecule has 0 aliphatic carbocycles. The molecule has 26 heavy (non-hydrogen) atoms. The molecule has 1 aliphatic heterocycles. The normalized spacial score (nSPS) is 19.1. The molecule has 1 aromatic rings. The largest absolute Gasteiger partial charge is 0.456 e. The van der Waals surface area contributed by atoms with Gasteiger partial charge in [0.1, 0.15) is 0 Å². The highest BCUT2D eigenvalue weighted by atomic mass is 32.2. The zero-order valence-electron chi connectivity index (χ0n) is 14.1. The number of benzene rings is 1. The SMILES string of the molecule is Cc1ccc(NC(=O)COC(=O)CC2CCS(=O)(=O)C2)cc1S(N)(=O)=O. The van der Waals surface area contributed by atoms with Gasteiger partial charge in [-0.2, -0.15) is 0 Å². The molecule has 144 valence electrons. The third-order valence-corrected chi connectivity index (χ3v) is 6.81. The van der Waals surface area contributed by atoms with Gasteiger partial charge in [0.2, 0.25) is 10.0 Å². The van der Waals surface area contributed by atoms with E-state index in [0.717, 1.165) is 0 Å². The van der Waals surface area contributed by atoms with Crippen LogP contribution in [-0.2, 0) is 34.2 Å². The molecule has 2 rings (SSSR count). The lowest BCUT2D eigenvalue weighted by molar-refractivity contribution is -0.148. The number of sulfonamides is 1. The quantitative estimate of drug-likeness (QED) is 0.631. The van der Waals surface area contributed by atoms with E-state index in [-0.39, 0.29) is 34.4 Å².